The Balaban J connectivity index is 2.73. The molecule has 0 radical (unpaired) electrons. The number of nitrogens with two attached hydrogens (primary N) is 1. The molecular weight excluding hydrogens is 266 g/mol. The molecule has 0 atom stereocenters. The maximum absolute atomic E-state index is 12.4. The Morgan fingerprint density at radius 2 is 2.00 bits per heavy atom. The topological polar surface area (TPSA) is 70.1 Å². The number of ether oxygens (including phenoxy) is 1. The third-order valence-corrected chi connectivity index (χ3v) is 3.35. The minimum absolute atomic E-state index is 0.149. The Morgan fingerprint density at radius 1 is 1.33 bits per heavy atom. The number of hydrogen-bond acceptors (Lipinski definition) is 4. The van der Waals surface area contributed by atoms with Crippen LogP contribution < -0.4 is 16.0 Å². The number of para-hydroxylation sites is 1. The molecule has 0 amide bonds. The molecule has 0 aliphatic heterocycles. The average molecular weight is 287 g/mol. The summed E-state index contributed by atoms with van der Waals surface area (Å²) in [5, 5.41) is 4.41. The van der Waals surface area contributed by atoms with Gasteiger partial charge >= 0.3 is 0 Å². The predicted molar refractivity (Wildman–Crippen MR) is 83.4 cm³/mol. The van der Waals surface area contributed by atoms with Crippen molar-refractivity contribution in [2.75, 3.05) is 7.11 Å². The van der Waals surface area contributed by atoms with E-state index < -0.39 is 5.54 Å². The van der Waals surface area contributed by atoms with Gasteiger partial charge in [-0.1, -0.05) is 12.1 Å². The van der Waals surface area contributed by atoms with Gasteiger partial charge in [-0.2, -0.15) is 5.10 Å². The highest BCUT2D eigenvalue weighted by Crippen LogP contribution is 2.29. The van der Waals surface area contributed by atoms with Crippen LogP contribution in [0.15, 0.2) is 35.1 Å². The molecule has 21 heavy (non-hydrogen) atoms. The largest absolute Gasteiger partial charge is 0.496 e. The number of benzene rings is 1. The molecule has 0 saturated carbocycles. The third-order valence-electron chi connectivity index (χ3n) is 3.35. The van der Waals surface area contributed by atoms with E-state index in [1.807, 2.05) is 45.0 Å². The fourth-order valence-electron chi connectivity index (χ4n) is 2.21. The van der Waals surface area contributed by atoms with Crippen LogP contribution in [0.25, 0.3) is 11.3 Å². The van der Waals surface area contributed by atoms with E-state index in [2.05, 4.69) is 5.10 Å². The summed E-state index contributed by atoms with van der Waals surface area (Å²) in [6, 6.07) is 9.34. The first-order valence-corrected chi connectivity index (χ1v) is 6.93. The number of aryl methyl sites for hydroxylation is 1. The highest BCUT2D eigenvalue weighted by Gasteiger charge is 2.22. The molecule has 0 fully saturated rings. The summed E-state index contributed by atoms with van der Waals surface area (Å²) in [5.41, 5.74) is 7.31. The van der Waals surface area contributed by atoms with Crippen molar-refractivity contribution in [3.8, 4) is 17.0 Å². The van der Waals surface area contributed by atoms with Gasteiger partial charge < -0.3 is 10.5 Å². The van der Waals surface area contributed by atoms with Crippen LogP contribution in [0, 0.1) is 0 Å². The molecule has 2 aromatic rings. The van der Waals surface area contributed by atoms with Crippen molar-refractivity contribution in [2.45, 2.75) is 32.9 Å². The Hall–Kier alpha value is -2.14. The van der Waals surface area contributed by atoms with Gasteiger partial charge in [-0.3, -0.25) is 4.79 Å². The molecule has 0 aliphatic rings. The Labute approximate surface area is 124 Å². The molecule has 0 bridgehead atoms. The van der Waals surface area contributed by atoms with E-state index in [9.17, 15) is 4.79 Å². The lowest BCUT2D eigenvalue weighted by Crippen LogP contribution is -2.39. The summed E-state index contributed by atoms with van der Waals surface area (Å²) in [6.45, 7) is 6.00. The quantitative estimate of drug-likeness (QED) is 0.935. The third kappa shape index (κ3) is 2.97. The number of rotatable bonds is 4. The monoisotopic (exact) mass is 287 g/mol. The van der Waals surface area contributed by atoms with Crippen LogP contribution in [0.2, 0.25) is 0 Å². The van der Waals surface area contributed by atoms with E-state index in [0.29, 0.717) is 23.6 Å². The zero-order valence-electron chi connectivity index (χ0n) is 12.9. The maximum Gasteiger partial charge on any atom is 0.271 e. The van der Waals surface area contributed by atoms with Gasteiger partial charge in [-0.25, -0.2) is 4.68 Å². The van der Waals surface area contributed by atoms with Gasteiger partial charge in [0.1, 0.15) is 5.75 Å². The molecule has 0 spiro atoms. The maximum atomic E-state index is 12.4. The van der Waals surface area contributed by atoms with Crippen LogP contribution >= 0.6 is 0 Å². The zero-order chi connectivity index (χ0) is 15.6. The normalized spacial score (nSPS) is 11.5. The van der Waals surface area contributed by atoms with Crippen LogP contribution in [-0.2, 0) is 12.1 Å². The molecule has 2 N–H and O–H groups in total. The van der Waals surface area contributed by atoms with Crippen molar-refractivity contribution in [1.29, 1.82) is 0 Å². The minimum Gasteiger partial charge on any atom is -0.496 e. The van der Waals surface area contributed by atoms with Crippen LogP contribution in [-0.4, -0.2) is 16.9 Å². The summed E-state index contributed by atoms with van der Waals surface area (Å²) in [5.74, 6) is 0.715. The Morgan fingerprint density at radius 3 is 2.57 bits per heavy atom. The smallest absolute Gasteiger partial charge is 0.271 e. The van der Waals surface area contributed by atoms with Crippen molar-refractivity contribution in [2.24, 2.45) is 5.73 Å². The summed E-state index contributed by atoms with van der Waals surface area (Å²) in [4.78, 5) is 12.4. The Kier molecular flexibility index (Phi) is 4.14. The van der Waals surface area contributed by atoms with Crippen molar-refractivity contribution in [3.63, 3.8) is 0 Å². The molecule has 0 saturated heterocycles. The molecular formula is C16H21N3O2. The summed E-state index contributed by atoms with van der Waals surface area (Å²) in [7, 11) is 1.61. The van der Waals surface area contributed by atoms with E-state index in [1.54, 1.807) is 13.2 Å². The number of aromatic nitrogens is 2. The Bertz CT molecular complexity index is 699. The van der Waals surface area contributed by atoms with Gasteiger partial charge in [0.15, 0.2) is 0 Å². The molecule has 1 heterocycles. The second kappa shape index (κ2) is 5.69. The van der Waals surface area contributed by atoms with E-state index in [1.165, 1.54) is 4.68 Å². The van der Waals surface area contributed by atoms with Gasteiger partial charge in [0.25, 0.3) is 5.56 Å². The summed E-state index contributed by atoms with van der Waals surface area (Å²) in [6.07, 6.45) is 0. The number of methoxy groups -OCH3 is 1. The average Bonchev–Trinajstić information content (AvgIpc) is 2.46. The van der Waals surface area contributed by atoms with Gasteiger partial charge in [0.05, 0.1) is 12.8 Å². The zero-order valence-corrected chi connectivity index (χ0v) is 12.9. The van der Waals surface area contributed by atoms with E-state index in [0.717, 1.165) is 5.56 Å². The van der Waals surface area contributed by atoms with Gasteiger partial charge in [-0.15, -0.1) is 0 Å². The first-order valence-electron chi connectivity index (χ1n) is 6.93. The van der Waals surface area contributed by atoms with Crippen LogP contribution in [0.5, 0.6) is 5.75 Å². The first-order chi connectivity index (χ1) is 9.88. The van der Waals surface area contributed by atoms with Gasteiger partial charge in [0.2, 0.25) is 0 Å². The van der Waals surface area contributed by atoms with E-state index >= 15 is 0 Å². The van der Waals surface area contributed by atoms with Gasteiger partial charge in [-0.05, 0) is 39.0 Å². The highest BCUT2D eigenvalue weighted by atomic mass is 16.5. The molecule has 1 aromatic carbocycles. The lowest BCUT2D eigenvalue weighted by Gasteiger charge is -2.20. The van der Waals surface area contributed by atoms with Crippen molar-refractivity contribution < 1.29 is 4.74 Å². The molecule has 0 unspecified atom stereocenters. The second-order valence-electron chi connectivity index (χ2n) is 5.49. The molecule has 1 aromatic heterocycles. The van der Waals surface area contributed by atoms with Crippen molar-refractivity contribution >= 4 is 0 Å². The molecule has 5 nitrogen and oxygen atoms in total. The molecule has 2 rings (SSSR count). The molecule has 112 valence electrons. The lowest BCUT2D eigenvalue weighted by atomic mass is 9.95. The van der Waals surface area contributed by atoms with E-state index in [-0.39, 0.29) is 5.56 Å². The predicted octanol–water partition coefficient (Wildman–Crippen LogP) is 2.13. The summed E-state index contributed by atoms with van der Waals surface area (Å²) >= 11 is 0. The SMILES string of the molecule is CCn1nc(-c2ccccc2OC)cc(C(C)(C)N)c1=O. The fraction of sp³-hybridized carbons (Fsp3) is 0.375. The second-order valence-corrected chi connectivity index (χ2v) is 5.49. The van der Waals surface area contributed by atoms with Crippen molar-refractivity contribution in [3.05, 3.63) is 46.2 Å². The fourth-order valence-corrected chi connectivity index (χ4v) is 2.21. The molecule has 5 heteroatoms. The van der Waals surface area contributed by atoms with Crippen LogP contribution in [0.3, 0.4) is 0 Å². The molecule has 0 aliphatic carbocycles. The number of nitrogens with zero attached hydrogens (tertiary/aromatic N) is 2. The van der Waals surface area contributed by atoms with Crippen LogP contribution in [0.1, 0.15) is 26.3 Å². The van der Waals surface area contributed by atoms with E-state index in [4.69, 9.17) is 10.5 Å². The van der Waals surface area contributed by atoms with Crippen molar-refractivity contribution in [1.82, 2.24) is 9.78 Å². The van der Waals surface area contributed by atoms with Crippen LogP contribution in [0.4, 0.5) is 0 Å². The highest BCUT2D eigenvalue weighted by molar-refractivity contribution is 5.67. The number of hydrogen-bond donors (Lipinski definition) is 1. The minimum atomic E-state index is -0.728. The summed E-state index contributed by atoms with van der Waals surface area (Å²) < 4.78 is 6.81. The lowest BCUT2D eigenvalue weighted by molar-refractivity contribution is 0.416. The standard InChI is InChI=1S/C16H21N3O2/c1-5-19-15(20)12(16(2,3)17)10-13(18-19)11-8-6-7-9-14(11)21-4/h6-10H,5,17H2,1-4H3. The van der Waals surface area contributed by atoms with Gasteiger partial charge in [0, 0.05) is 23.2 Å². The first kappa shape index (κ1) is 15.3.